The van der Waals surface area contributed by atoms with Crippen LogP contribution in [0, 0.1) is 0 Å². The molecular weight excluding hydrogens is 230 g/mol. The molecule has 0 fully saturated rings. The summed E-state index contributed by atoms with van der Waals surface area (Å²) in [5.74, 6) is 1.77. The molecule has 2 N–H and O–H groups in total. The molecule has 18 heavy (non-hydrogen) atoms. The van der Waals surface area contributed by atoms with Crippen molar-refractivity contribution >= 4 is 5.69 Å². The van der Waals surface area contributed by atoms with Crippen molar-refractivity contribution in [3.8, 4) is 11.5 Å². The van der Waals surface area contributed by atoms with Crippen LogP contribution in [-0.2, 0) is 0 Å². The minimum absolute atomic E-state index is 0.224. The molecule has 0 aliphatic carbocycles. The van der Waals surface area contributed by atoms with Crippen LogP contribution in [0.3, 0.4) is 0 Å². The van der Waals surface area contributed by atoms with Gasteiger partial charge in [0, 0.05) is 18.2 Å². The van der Waals surface area contributed by atoms with Gasteiger partial charge >= 0.3 is 0 Å². The fourth-order valence-corrected chi connectivity index (χ4v) is 2.18. The third-order valence-electron chi connectivity index (χ3n) is 3.10. The smallest absolute Gasteiger partial charge is 0.124 e. The van der Waals surface area contributed by atoms with Gasteiger partial charge in [-0.1, -0.05) is 0 Å². The van der Waals surface area contributed by atoms with E-state index in [0.717, 1.165) is 35.8 Å². The van der Waals surface area contributed by atoms with E-state index in [1.54, 1.807) is 13.3 Å². The summed E-state index contributed by atoms with van der Waals surface area (Å²) in [6.07, 6.45) is 4.54. The van der Waals surface area contributed by atoms with Gasteiger partial charge in [0.1, 0.15) is 11.5 Å². The highest BCUT2D eigenvalue weighted by atomic mass is 16.5. The van der Waals surface area contributed by atoms with Gasteiger partial charge in [0.25, 0.3) is 0 Å². The van der Waals surface area contributed by atoms with Gasteiger partial charge in [0.15, 0.2) is 0 Å². The lowest BCUT2D eigenvalue weighted by Gasteiger charge is -2.27. The van der Waals surface area contributed by atoms with E-state index in [9.17, 15) is 0 Å². The Balaban J connectivity index is 1.90. The van der Waals surface area contributed by atoms with E-state index in [-0.39, 0.29) is 6.04 Å². The van der Waals surface area contributed by atoms with E-state index in [1.807, 2.05) is 24.4 Å². The summed E-state index contributed by atoms with van der Waals surface area (Å²) in [5.41, 5.74) is 2.11. The van der Waals surface area contributed by atoms with E-state index in [2.05, 4.69) is 15.5 Å². The van der Waals surface area contributed by atoms with Crippen molar-refractivity contribution in [2.24, 2.45) is 0 Å². The van der Waals surface area contributed by atoms with Crippen LogP contribution in [0.25, 0.3) is 0 Å². The fraction of sp³-hybridized carbons (Fsp3) is 0.308. The minimum atomic E-state index is 0.224. The Bertz CT molecular complexity index is 525. The second kappa shape index (κ2) is 4.60. The van der Waals surface area contributed by atoms with E-state index in [0.29, 0.717) is 0 Å². The number of nitrogens with zero attached hydrogens (tertiary/aromatic N) is 1. The Morgan fingerprint density at radius 2 is 2.44 bits per heavy atom. The predicted octanol–water partition coefficient (Wildman–Crippen LogP) is 2.35. The van der Waals surface area contributed by atoms with E-state index in [1.165, 1.54) is 0 Å². The average Bonchev–Trinajstić information content (AvgIpc) is 2.91. The van der Waals surface area contributed by atoms with Crippen LogP contribution in [0.5, 0.6) is 11.5 Å². The molecule has 0 amide bonds. The largest absolute Gasteiger partial charge is 0.497 e. The van der Waals surface area contributed by atoms with Crippen LogP contribution in [0.4, 0.5) is 5.69 Å². The van der Waals surface area contributed by atoms with Crippen LogP contribution in [-0.4, -0.2) is 23.9 Å². The molecule has 0 spiro atoms. The molecule has 1 aliphatic heterocycles. The molecule has 0 saturated carbocycles. The first-order chi connectivity index (χ1) is 8.86. The molecule has 0 saturated heterocycles. The van der Waals surface area contributed by atoms with Crippen molar-refractivity contribution in [2.45, 2.75) is 12.5 Å². The number of fused-ring (bicyclic) bond motifs is 1. The first kappa shape index (κ1) is 11.0. The number of anilines is 1. The highest BCUT2D eigenvalue weighted by Crippen LogP contribution is 2.36. The number of hydrogen-bond donors (Lipinski definition) is 2. The summed E-state index contributed by atoms with van der Waals surface area (Å²) >= 11 is 0. The molecule has 0 bridgehead atoms. The van der Waals surface area contributed by atoms with E-state index in [4.69, 9.17) is 9.47 Å². The zero-order valence-corrected chi connectivity index (χ0v) is 10.1. The molecule has 1 unspecified atom stereocenters. The molecule has 3 rings (SSSR count). The van der Waals surface area contributed by atoms with Gasteiger partial charge < -0.3 is 14.8 Å². The molecule has 2 aromatic rings. The minimum Gasteiger partial charge on any atom is -0.497 e. The maximum atomic E-state index is 5.65. The summed E-state index contributed by atoms with van der Waals surface area (Å²) in [5, 5.41) is 10.2. The monoisotopic (exact) mass is 245 g/mol. The molecule has 5 nitrogen and oxygen atoms in total. The molecular formula is C13H15N3O2. The second-order valence-corrected chi connectivity index (χ2v) is 4.22. The van der Waals surface area contributed by atoms with Crippen molar-refractivity contribution in [3.63, 3.8) is 0 Å². The molecule has 2 heterocycles. The number of aromatic nitrogens is 2. The quantitative estimate of drug-likeness (QED) is 0.871. The van der Waals surface area contributed by atoms with Crippen LogP contribution in [0.15, 0.2) is 30.6 Å². The molecule has 1 aromatic carbocycles. The number of aromatic amines is 1. The SMILES string of the molecule is COc1ccc2c(c1)C(Nc1cn[nH]c1)CCO2. The number of ether oxygens (including phenoxy) is 2. The highest BCUT2D eigenvalue weighted by molar-refractivity contribution is 5.48. The van der Waals surface area contributed by atoms with Crippen LogP contribution < -0.4 is 14.8 Å². The van der Waals surface area contributed by atoms with Crippen LogP contribution in [0.2, 0.25) is 0 Å². The fourth-order valence-electron chi connectivity index (χ4n) is 2.18. The number of nitrogens with one attached hydrogen (secondary N) is 2. The first-order valence-corrected chi connectivity index (χ1v) is 5.93. The van der Waals surface area contributed by atoms with Crippen molar-refractivity contribution in [1.82, 2.24) is 10.2 Å². The van der Waals surface area contributed by atoms with Gasteiger partial charge in [-0.3, -0.25) is 5.10 Å². The number of benzene rings is 1. The van der Waals surface area contributed by atoms with Gasteiger partial charge in [0.05, 0.1) is 31.6 Å². The van der Waals surface area contributed by atoms with Crippen molar-refractivity contribution in [2.75, 3.05) is 19.0 Å². The highest BCUT2D eigenvalue weighted by Gasteiger charge is 2.22. The third-order valence-corrected chi connectivity index (χ3v) is 3.10. The molecule has 0 radical (unpaired) electrons. The summed E-state index contributed by atoms with van der Waals surface area (Å²) < 4.78 is 10.9. The Hall–Kier alpha value is -2.17. The van der Waals surface area contributed by atoms with Gasteiger partial charge in [-0.2, -0.15) is 5.10 Å². The summed E-state index contributed by atoms with van der Waals surface area (Å²) in [6, 6.07) is 6.12. The second-order valence-electron chi connectivity index (χ2n) is 4.22. The van der Waals surface area contributed by atoms with Crippen molar-refractivity contribution < 1.29 is 9.47 Å². The predicted molar refractivity (Wildman–Crippen MR) is 68.1 cm³/mol. The van der Waals surface area contributed by atoms with E-state index >= 15 is 0 Å². The summed E-state index contributed by atoms with van der Waals surface area (Å²) in [6.45, 7) is 0.717. The normalized spacial score (nSPS) is 17.7. The molecule has 1 aliphatic rings. The maximum Gasteiger partial charge on any atom is 0.124 e. The number of methoxy groups -OCH3 is 1. The van der Waals surface area contributed by atoms with Crippen LogP contribution >= 0.6 is 0 Å². The lowest BCUT2D eigenvalue weighted by Crippen LogP contribution is -2.20. The summed E-state index contributed by atoms with van der Waals surface area (Å²) in [4.78, 5) is 0. The standard InChI is InChI=1S/C13H15N3O2/c1-17-10-2-3-13-11(6-10)12(4-5-18-13)16-9-7-14-15-8-9/h2-3,6-8,12,16H,4-5H2,1H3,(H,14,15). The van der Waals surface area contributed by atoms with Crippen molar-refractivity contribution in [3.05, 3.63) is 36.2 Å². The Kier molecular flexibility index (Phi) is 2.80. The number of hydrogen-bond acceptors (Lipinski definition) is 4. The molecule has 5 heteroatoms. The van der Waals surface area contributed by atoms with Gasteiger partial charge in [-0.05, 0) is 18.2 Å². The lowest BCUT2D eigenvalue weighted by atomic mass is 10.00. The lowest BCUT2D eigenvalue weighted by molar-refractivity contribution is 0.273. The average molecular weight is 245 g/mol. The van der Waals surface area contributed by atoms with Crippen molar-refractivity contribution in [1.29, 1.82) is 0 Å². The van der Waals surface area contributed by atoms with Gasteiger partial charge in [-0.15, -0.1) is 0 Å². The van der Waals surface area contributed by atoms with Crippen LogP contribution in [0.1, 0.15) is 18.0 Å². The maximum absolute atomic E-state index is 5.65. The first-order valence-electron chi connectivity index (χ1n) is 5.93. The van der Waals surface area contributed by atoms with Gasteiger partial charge in [0.2, 0.25) is 0 Å². The Morgan fingerprint density at radius 3 is 3.22 bits per heavy atom. The summed E-state index contributed by atoms with van der Waals surface area (Å²) in [7, 11) is 1.67. The van der Waals surface area contributed by atoms with E-state index < -0.39 is 0 Å². The zero-order chi connectivity index (χ0) is 12.4. The Labute approximate surface area is 105 Å². The third kappa shape index (κ3) is 1.99. The topological polar surface area (TPSA) is 59.2 Å². The zero-order valence-electron chi connectivity index (χ0n) is 10.1. The molecule has 1 atom stereocenters. The Morgan fingerprint density at radius 1 is 1.50 bits per heavy atom. The number of rotatable bonds is 3. The van der Waals surface area contributed by atoms with Gasteiger partial charge in [-0.25, -0.2) is 0 Å². The molecule has 94 valence electrons. The molecule has 1 aromatic heterocycles. The number of H-pyrrole nitrogens is 1.